The predicted molar refractivity (Wildman–Crippen MR) is 72.8 cm³/mol. The van der Waals surface area contributed by atoms with Crippen LogP contribution in [-0.4, -0.2) is 22.6 Å². The van der Waals surface area contributed by atoms with Crippen molar-refractivity contribution in [1.29, 1.82) is 0 Å². The largest absolute Gasteiger partial charge is 0.467 e. The van der Waals surface area contributed by atoms with Crippen LogP contribution in [0.3, 0.4) is 0 Å². The molecule has 0 aliphatic rings. The zero-order chi connectivity index (χ0) is 14.4. The highest BCUT2D eigenvalue weighted by Crippen LogP contribution is 2.13. The van der Waals surface area contributed by atoms with E-state index in [9.17, 15) is 4.79 Å². The van der Waals surface area contributed by atoms with Gasteiger partial charge in [-0.3, -0.25) is 9.78 Å². The number of rotatable bonds is 3. The van der Waals surface area contributed by atoms with Gasteiger partial charge in [0.2, 0.25) is 0 Å². The SMILES string of the molecule is CC(NC(=O)c1cncc(C#CCO)c1)c1ccco1. The Morgan fingerprint density at radius 2 is 2.40 bits per heavy atom. The first-order valence-electron chi connectivity index (χ1n) is 6.09. The van der Waals surface area contributed by atoms with Gasteiger partial charge < -0.3 is 14.8 Å². The maximum absolute atomic E-state index is 12.1. The number of pyridine rings is 1. The Morgan fingerprint density at radius 1 is 1.55 bits per heavy atom. The Balaban J connectivity index is 2.09. The second-order valence-electron chi connectivity index (χ2n) is 4.13. The molecule has 0 fully saturated rings. The van der Waals surface area contributed by atoms with Gasteiger partial charge in [0.15, 0.2) is 0 Å². The summed E-state index contributed by atoms with van der Waals surface area (Å²) in [6, 6.07) is 4.96. The van der Waals surface area contributed by atoms with Gasteiger partial charge in [-0.25, -0.2) is 0 Å². The third-order valence-electron chi connectivity index (χ3n) is 2.63. The molecule has 0 aromatic carbocycles. The monoisotopic (exact) mass is 270 g/mol. The Morgan fingerprint density at radius 3 is 3.10 bits per heavy atom. The number of amides is 1. The van der Waals surface area contributed by atoms with Crippen LogP contribution in [0.5, 0.6) is 0 Å². The number of aliphatic hydroxyl groups excluding tert-OH is 1. The number of hydrogen-bond donors (Lipinski definition) is 2. The zero-order valence-corrected chi connectivity index (χ0v) is 11.0. The van der Waals surface area contributed by atoms with Gasteiger partial charge in [0.05, 0.1) is 17.9 Å². The summed E-state index contributed by atoms with van der Waals surface area (Å²) in [5.74, 6) is 5.65. The smallest absolute Gasteiger partial charge is 0.253 e. The number of nitrogens with zero attached hydrogens (tertiary/aromatic N) is 1. The van der Waals surface area contributed by atoms with E-state index in [1.807, 2.05) is 6.92 Å². The molecule has 1 atom stereocenters. The minimum Gasteiger partial charge on any atom is -0.467 e. The maximum Gasteiger partial charge on any atom is 0.253 e. The van der Waals surface area contributed by atoms with Crippen LogP contribution in [0.4, 0.5) is 0 Å². The molecule has 1 unspecified atom stereocenters. The minimum absolute atomic E-state index is 0.230. The Bertz CT molecular complexity index is 639. The van der Waals surface area contributed by atoms with Crippen LogP contribution in [0.1, 0.15) is 34.6 Å². The lowest BCUT2D eigenvalue weighted by Gasteiger charge is -2.11. The molecule has 2 aromatic rings. The zero-order valence-electron chi connectivity index (χ0n) is 11.0. The van der Waals surface area contributed by atoms with Crippen molar-refractivity contribution in [1.82, 2.24) is 10.3 Å². The van der Waals surface area contributed by atoms with Crippen LogP contribution < -0.4 is 5.32 Å². The second-order valence-corrected chi connectivity index (χ2v) is 4.13. The fraction of sp³-hybridized carbons (Fsp3) is 0.200. The fourth-order valence-corrected chi connectivity index (χ4v) is 1.66. The van der Waals surface area contributed by atoms with Gasteiger partial charge in [-0.15, -0.1) is 0 Å². The molecular formula is C15H14N2O3. The number of aromatic nitrogens is 1. The molecule has 0 radical (unpaired) electrons. The first-order valence-corrected chi connectivity index (χ1v) is 6.09. The second kappa shape index (κ2) is 6.55. The van der Waals surface area contributed by atoms with E-state index in [4.69, 9.17) is 9.52 Å². The summed E-state index contributed by atoms with van der Waals surface area (Å²) in [6.45, 7) is 1.60. The van der Waals surface area contributed by atoms with Crippen LogP contribution in [-0.2, 0) is 0 Å². The van der Waals surface area contributed by atoms with Crippen molar-refractivity contribution in [3.8, 4) is 11.8 Å². The molecule has 0 spiro atoms. The van der Waals surface area contributed by atoms with E-state index in [2.05, 4.69) is 22.1 Å². The molecule has 2 N–H and O–H groups in total. The number of carbonyl (C=O) groups excluding carboxylic acids is 1. The number of carbonyl (C=O) groups is 1. The molecule has 1 amide bonds. The standard InChI is InChI=1S/C15H14N2O3/c1-11(14-5-3-7-20-14)17-15(19)13-8-12(4-2-6-18)9-16-10-13/h3,5,7-11,18H,6H2,1H3,(H,17,19). The Kier molecular flexibility index (Phi) is 4.53. The summed E-state index contributed by atoms with van der Waals surface area (Å²) < 4.78 is 5.23. The number of furan rings is 1. The summed E-state index contributed by atoms with van der Waals surface area (Å²) in [5.41, 5.74) is 0.991. The van der Waals surface area contributed by atoms with Crippen LogP contribution in [0.15, 0.2) is 41.3 Å². The third-order valence-corrected chi connectivity index (χ3v) is 2.63. The molecule has 5 nitrogen and oxygen atoms in total. The van der Waals surface area contributed by atoms with Gasteiger partial charge in [-0.05, 0) is 25.1 Å². The molecule has 0 saturated carbocycles. The molecule has 2 rings (SSSR count). The van der Waals surface area contributed by atoms with Crippen molar-refractivity contribution >= 4 is 5.91 Å². The van der Waals surface area contributed by atoms with Crippen molar-refractivity contribution in [2.75, 3.05) is 6.61 Å². The van der Waals surface area contributed by atoms with Crippen molar-refractivity contribution in [2.24, 2.45) is 0 Å². The van der Waals surface area contributed by atoms with E-state index in [1.54, 1.807) is 24.5 Å². The molecule has 2 aromatic heterocycles. The van der Waals surface area contributed by atoms with Crippen molar-refractivity contribution in [3.63, 3.8) is 0 Å². The Hall–Kier alpha value is -2.58. The van der Waals surface area contributed by atoms with Crippen LogP contribution in [0.25, 0.3) is 0 Å². The maximum atomic E-state index is 12.1. The highest BCUT2D eigenvalue weighted by atomic mass is 16.3. The highest BCUT2D eigenvalue weighted by Gasteiger charge is 2.13. The van der Waals surface area contributed by atoms with Crippen molar-refractivity contribution in [2.45, 2.75) is 13.0 Å². The highest BCUT2D eigenvalue weighted by molar-refractivity contribution is 5.94. The number of aliphatic hydroxyl groups is 1. The normalized spacial score (nSPS) is 11.3. The van der Waals surface area contributed by atoms with Crippen LogP contribution in [0.2, 0.25) is 0 Å². The summed E-state index contributed by atoms with van der Waals surface area (Å²) in [7, 11) is 0. The summed E-state index contributed by atoms with van der Waals surface area (Å²) in [6.07, 6.45) is 4.56. The van der Waals surface area contributed by atoms with Crippen molar-refractivity contribution in [3.05, 3.63) is 53.7 Å². The van der Waals surface area contributed by atoms with Gasteiger partial charge in [0.25, 0.3) is 5.91 Å². The van der Waals surface area contributed by atoms with E-state index >= 15 is 0 Å². The molecular weight excluding hydrogens is 256 g/mol. The molecule has 5 heteroatoms. The topological polar surface area (TPSA) is 75.4 Å². The van der Waals surface area contributed by atoms with Crippen LogP contribution >= 0.6 is 0 Å². The Labute approximate surface area is 116 Å². The molecule has 0 aliphatic carbocycles. The fourth-order valence-electron chi connectivity index (χ4n) is 1.66. The van der Waals surface area contributed by atoms with Gasteiger partial charge in [-0.2, -0.15) is 0 Å². The molecule has 0 bridgehead atoms. The molecule has 102 valence electrons. The summed E-state index contributed by atoms with van der Waals surface area (Å²) >= 11 is 0. The number of nitrogens with one attached hydrogen (secondary N) is 1. The minimum atomic E-state index is -0.256. The lowest BCUT2D eigenvalue weighted by atomic mass is 10.2. The molecule has 20 heavy (non-hydrogen) atoms. The lowest BCUT2D eigenvalue weighted by Crippen LogP contribution is -2.26. The lowest BCUT2D eigenvalue weighted by molar-refractivity contribution is 0.0935. The van der Waals surface area contributed by atoms with Gasteiger partial charge in [-0.1, -0.05) is 11.8 Å². The quantitative estimate of drug-likeness (QED) is 0.829. The first kappa shape index (κ1) is 13.8. The van der Waals surface area contributed by atoms with E-state index in [0.717, 1.165) is 0 Å². The van der Waals surface area contributed by atoms with E-state index in [-0.39, 0.29) is 18.6 Å². The van der Waals surface area contributed by atoms with E-state index in [1.165, 1.54) is 12.4 Å². The molecule has 0 aliphatic heterocycles. The number of hydrogen-bond acceptors (Lipinski definition) is 4. The predicted octanol–water partition coefficient (Wildman–Crippen LogP) is 1.51. The average molecular weight is 270 g/mol. The molecule has 2 heterocycles. The summed E-state index contributed by atoms with van der Waals surface area (Å²) in [4.78, 5) is 16.0. The van der Waals surface area contributed by atoms with E-state index in [0.29, 0.717) is 16.9 Å². The van der Waals surface area contributed by atoms with Gasteiger partial charge in [0.1, 0.15) is 12.4 Å². The van der Waals surface area contributed by atoms with Gasteiger partial charge >= 0.3 is 0 Å². The van der Waals surface area contributed by atoms with E-state index < -0.39 is 0 Å². The summed E-state index contributed by atoms with van der Waals surface area (Å²) in [5, 5.41) is 11.5. The van der Waals surface area contributed by atoms with Crippen LogP contribution in [0, 0.1) is 11.8 Å². The third kappa shape index (κ3) is 3.46. The van der Waals surface area contributed by atoms with Gasteiger partial charge in [0, 0.05) is 18.0 Å². The van der Waals surface area contributed by atoms with Crippen molar-refractivity contribution < 1.29 is 14.3 Å². The molecule has 0 saturated heterocycles. The average Bonchev–Trinajstić information content (AvgIpc) is 2.99. The first-order chi connectivity index (χ1) is 9.70.